The van der Waals surface area contributed by atoms with Gasteiger partial charge >= 0.3 is 0 Å². The number of para-hydroxylation sites is 1. The van der Waals surface area contributed by atoms with Crippen LogP contribution >= 0.6 is 0 Å². The lowest BCUT2D eigenvalue weighted by molar-refractivity contribution is -0.127. The van der Waals surface area contributed by atoms with E-state index < -0.39 is 17.7 Å². The third-order valence-corrected chi connectivity index (χ3v) is 3.51. The molecule has 0 fully saturated rings. The van der Waals surface area contributed by atoms with Gasteiger partial charge in [0.15, 0.2) is 18.1 Å². The highest BCUT2D eigenvalue weighted by Gasteiger charge is 2.16. The van der Waals surface area contributed by atoms with Crippen LogP contribution in [0.3, 0.4) is 0 Å². The Morgan fingerprint density at radius 1 is 0.926 bits per heavy atom. The summed E-state index contributed by atoms with van der Waals surface area (Å²) in [7, 11) is 0. The van der Waals surface area contributed by atoms with Gasteiger partial charge < -0.3 is 19.5 Å². The van der Waals surface area contributed by atoms with Crippen molar-refractivity contribution in [2.24, 2.45) is 0 Å². The van der Waals surface area contributed by atoms with Crippen molar-refractivity contribution in [3.63, 3.8) is 0 Å². The van der Waals surface area contributed by atoms with Crippen LogP contribution in [0, 0.1) is 0 Å². The van der Waals surface area contributed by atoms with Crippen LogP contribution in [0.5, 0.6) is 17.2 Å². The van der Waals surface area contributed by atoms with Crippen LogP contribution in [0.2, 0.25) is 0 Å². The van der Waals surface area contributed by atoms with Crippen molar-refractivity contribution in [2.75, 3.05) is 19.9 Å². The van der Waals surface area contributed by atoms with Crippen LogP contribution < -0.4 is 30.4 Å². The van der Waals surface area contributed by atoms with E-state index in [4.69, 9.17) is 14.2 Å². The number of ether oxygens (including phenoxy) is 3. The average Bonchev–Trinajstić information content (AvgIpc) is 3.17. The Bertz CT molecular complexity index is 840. The number of hydrogen-bond acceptors (Lipinski definition) is 6. The van der Waals surface area contributed by atoms with Gasteiger partial charge in [0.1, 0.15) is 5.75 Å². The van der Waals surface area contributed by atoms with Gasteiger partial charge in [0, 0.05) is 5.56 Å². The smallest absolute Gasteiger partial charge is 0.269 e. The van der Waals surface area contributed by atoms with Crippen molar-refractivity contribution >= 4 is 17.7 Å². The molecule has 2 aromatic carbocycles. The minimum atomic E-state index is -0.586. The first-order valence-corrected chi connectivity index (χ1v) is 8.05. The van der Waals surface area contributed by atoms with E-state index in [2.05, 4.69) is 16.2 Å². The number of carbonyl (C=O) groups is 3. The lowest BCUT2D eigenvalue weighted by Gasteiger charge is -2.09. The zero-order chi connectivity index (χ0) is 19.1. The molecule has 0 aliphatic carbocycles. The molecule has 2 aromatic rings. The maximum Gasteiger partial charge on any atom is 0.269 e. The highest BCUT2D eigenvalue weighted by Crippen LogP contribution is 2.32. The minimum Gasteiger partial charge on any atom is -0.484 e. The van der Waals surface area contributed by atoms with E-state index in [1.807, 2.05) is 6.07 Å². The molecule has 1 heterocycles. The first-order valence-electron chi connectivity index (χ1n) is 8.05. The fraction of sp³-hybridized carbons (Fsp3) is 0.167. The van der Waals surface area contributed by atoms with Gasteiger partial charge in [-0.3, -0.25) is 25.2 Å². The summed E-state index contributed by atoms with van der Waals surface area (Å²) in [4.78, 5) is 35.4. The van der Waals surface area contributed by atoms with E-state index in [9.17, 15) is 14.4 Å². The van der Waals surface area contributed by atoms with Crippen molar-refractivity contribution in [3.8, 4) is 17.2 Å². The molecular formula is C18H17N3O6. The second-order valence-electron chi connectivity index (χ2n) is 5.45. The summed E-state index contributed by atoms with van der Waals surface area (Å²) in [5, 5.41) is 2.39. The number of hydrazine groups is 1. The summed E-state index contributed by atoms with van der Waals surface area (Å²) in [6, 6.07) is 13.5. The lowest BCUT2D eigenvalue weighted by atomic mass is 10.2. The Labute approximate surface area is 154 Å². The summed E-state index contributed by atoms with van der Waals surface area (Å²) in [6.45, 7) is -0.427. The Morgan fingerprint density at radius 2 is 1.70 bits per heavy atom. The number of fused-ring (bicyclic) bond motifs is 1. The third-order valence-electron chi connectivity index (χ3n) is 3.51. The van der Waals surface area contributed by atoms with Crippen LogP contribution in [0.1, 0.15) is 10.4 Å². The summed E-state index contributed by atoms with van der Waals surface area (Å²) < 4.78 is 15.6. The zero-order valence-electron chi connectivity index (χ0n) is 14.2. The predicted octanol–water partition coefficient (Wildman–Crippen LogP) is 0.372. The van der Waals surface area contributed by atoms with Crippen molar-refractivity contribution in [2.45, 2.75) is 0 Å². The van der Waals surface area contributed by atoms with Gasteiger partial charge in [0.05, 0.1) is 6.54 Å². The molecule has 0 saturated carbocycles. The topological polar surface area (TPSA) is 115 Å². The predicted molar refractivity (Wildman–Crippen MR) is 93.1 cm³/mol. The van der Waals surface area contributed by atoms with Crippen molar-refractivity contribution in [3.05, 3.63) is 54.1 Å². The van der Waals surface area contributed by atoms with Crippen LogP contribution in [-0.2, 0) is 9.59 Å². The molecular weight excluding hydrogens is 354 g/mol. The molecule has 9 nitrogen and oxygen atoms in total. The first-order chi connectivity index (χ1) is 13.1. The van der Waals surface area contributed by atoms with E-state index in [0.29, 0.717) is 22.8 Å². The molecule has 3 rings (SSSR count). The average molecular weight is 371 g/mol. The quantitative estimate of drug-likeness (QED) is 0.632. The molecule has 0 radical (unpaired) electrons. The normalized spacial score (nSPS) is 11.4. The van der Waals surface area contributed by atoms with Crippen LogP contribution in [0.25, 0.3) is 0 Å². The number of carbonyl (C=O) groups excluding carboxylic acids is 3. The largest absolute Gasteiger partial charge is 0.484 e. The molecule has 27 heavy (non-hydrogen) atoms. The molecule has 0 aromatic heterocycles. The fourth-order valence-electron chi connectivity index (χ4n) is 2.18. The number of benzene rings is 2. The lowest BCUT2D eigenvalue weighted by Crippen LogP contribution is -2.46. The molecule has 3 N–H and O–H groups in total. The molecule has 9 heteroatoms. The minimum absolute atomic E-state index is 0.102. The number of amides is 3. The Balaban J connectivity index is 1.36. The molecule has 1 aliphatic heterocycles. The fourth-order valence-corrected chi connectivity index (χ4v) is 2.18. The molecule has 1 aliphatic rings. The van der Waals surface area contributed by atoms with Crippen LogP contribution in [-0.4, -0.2) is 37.7 Å². The van der Waals surface area contributed by atoms with Gasteiger partial charge in [0.25, 0.3) is 17.7 Å². The summed E-state index contributed by atoms with van der Waals surface area (Å²) >= 11 is 0. The molecule has 140 valence electrons. The van der Waals surface area contributed by atoms with E-state index >= 15 is 0 Å². The maximum atomic E-state index is 12.0. The highest BCUT2D eigenvalue weighted by atomic mass is 16.7. The van der Waals surface area contributed by atoms with Crippen molar-refractivity contribution in [1.29, 1.82) is 0 Å². The summed E-state index contributed by atoms with van der Waals surface area (Å²) in [5.41, 5.74) is 4.76. The second kappa shape index (κ2) is 8.56. The Hall–Kier alpha value is -3.75. The summed E-state index contributed by atoms with van der Waals surface area (Å²) in [6.07, 6.45) is 0. The van der Waals surface area contributed by atoms with Gasteiger partial charge in [-0.25, -0.2) is 0 Å². The van der Waals surface area contributed by atoms with E-state index in [1.165, 1.54) is 12.1 Å². The Kier molecular flexibility index (Phi) is 5.73. The van der Waals surface area contributed by atoms with Gasteiger partial charge in [-0.05, 0) is 30.3 Å². The number of hydrogen-bond donors (Lipinski definition) is 3. The molecule has 0 bridgehead atoms. The highest BCUT2D eigenvalue weighted by molar-refractivity contribution is 5.96. The first kappa shape index (κ1) is 18.1. The number of nitrogens with one attached hydrogen (secondary N) is 3. The Morgan fingerprint density at radius 3 is 2.52 bits per heavy atom. The van der Waals surface area contributed by atoms with E-state index in [0.717, 1.165) is 0 Å². The van der Waals surface area contributed by atoms with Gasteiger partial charge in [-0.1, -0.05) is 18.2 Å². The maximum absolute atomic E-state index is 12.0. The van der Waals surface area contributed by atoms with E-state index in [-0.39, 0.29) is 19.9 Å². The molecule has 3 amide bonds. The van der Waals surface area contributed by atoms with Gasteiger partial charge in [0.2, 0.25) is 6.79 Å². The van der Waals surface area contributed by atoms with E-state index in [1.54, 1.807) is 30.3 Å². The molecule has 0 saturated heterocycles. The van der Waals surface area contributed by atoms with Crippen molar-refractivity contribution in [1.82, 2.24) is 16.2 Å². The monoisotopic (exact) mass is 371 g/mol. The second-order valence-corrected chi connectivity index (χ2v) is 5.45. The summed E-state index contributed by atoms with van der Waals surface area (Å²) in [5.74, 6) is -0.0163. The van der Waals surface area contributed by atoms with Gasteiger partial charge in [-0.15, -0.1) is 0 Å². The SMILES string of the molecule is O=C(COc1ccccc1)NCC(=O)NNC(=O)c1ccc2c(c1)OCO2. The zero-order valence-corrected chi connectivity index (χ0v) is 14.2. The van der Waals surface area contributed by atoms with Gasteiger partial charge in [-0.2, -0.15) is 0 Å². The third kappa shape index (κ3) is 5.11. The molecule has 0 spiro atoms. The standard InChI is InChI=1S/C18H17N3O6/c22-16(9-19-17(23)10-25-13-4-2-1-3-5-13)20-21-18(24)12-6-7-14-15(8-12)27-11-26-14/h1-8H,9-11H2,(H,19,23)(H,20,22)(H,21,24). The van der Waals surface area contributed by atoms with Crippen LogP contribution in [0.4, 0.5) is 0 Å². The van der Waals surface area contributed by atoms with Crippen molar-refractivity contribution < 1.29 is 28.6 Å². The molecule has 0 unspecified atom stereocenters. The number of rotatable bonds is 6. The molecule has 0 atom stereocenters. The van der Waals surface area contributed by atoms with Crippen LogP contribution in [0.15, 0.2) is 48.5 Å².